The quantitative estimate of drug-likeness (QED) is 0.489. The molecule has 0 aliphatic rings. The fourth-order valence-corrected chi connectivity index (χ4v) is 1.05. The van der Waals surface area contributed by atoms with Crippen LogP contribution in [0.15, 0.2) is 0 Å². The number of ether oxygens (including phenoxy) is 2. The average molecular weight is 213 g/mol. The highest BCUT2D eigenvalue weighted by atomic mass is 16.5. The largest absolute Gasteiger partial charge is 0.469 e. The maximum Gasteiger partial charge on any atom is 0.305 e. The molecule has 0 unspecified atom stereocenters. The Morgan fingerprint density at radius 2 is 2.07 bits per heavy atom. The summed E-state index contributed by atoms with van der Waals surface area (Å²) in [4.78, 5) is 21.3. The van der Waals surface area contributed by atoms with E-state index >= 15 is 0 Å². The van der Waals surface area contributed by atoms with Crippen molar-refractivity contribution in [2.24, 2.45) is 0 Å². The molecule has 5 nitrogen and oxygen atoms in total. The van der Waals surface area contributed by atoms with Gasteiger partial charge in [-0.3, -0.25) is 9.59 Å². The van der Waals surface area contributed by atoms with E-state index in [2.05, 4.69) is 4.74 Å². The van der Waals surface area contributed by atoms with Crippen LogP contribution < -0.4 is 0 Å². The highest BCUT2D eigenvalue weighted by Crippen LogP contribution is 2.07. The van der Waals surface area contributed by atoms with Crippen molar-refractivity contribution < 1.29 is 19.1 Å². The lowest BCUT2D eigenvalue weighted by Crippen LogP contribution is -2.14. The van der Waals surface area contributed by atoms with Crippen LogP contribution in [0.5, 0.6) is 0 Å². The van der Waals surface area contributed by atoms with Crippen LogP contribution in [-0.4, -0.2) is 25.2 Å². The predicted molar refractivity (Wildman–Crippen MR) is 51.7 cm³/mol. The molecule has 0 aromatic carbocycles. The van der Waals surface area contributed by atoms with Crippen LogP contribution in [0.1, 0.15) is 32.6 Å². The van der Waals surface area contributed by atoms with E-state index in [1.54, 1.807) is 0 Å². The van der Waals surface area contributed by atoms with Crippen LogP contribution >= 0.6 is 0 Å². The van der Waals surface area contributed by atoms with Gasteiger partial charge in [-0.15, -0.1) is 0 Å². The first kappa shape index (κ1) is 13.4. The van der Waals surface area contributed by atoms with Crippen molar-refractivity contribution in [1.29, 1.82) is 5.26 Å². The molecular formula is C10H15NO4. The summed E-state index contributed by atoms with van der Waals surface area (Å²) in [6.45, 7) is 1.26. The van der Waals surface area contributed by atoms with Gasteiger partial charge in [0.25, 0.3) is 0 Å². The van der Waals surface area contributed by atoms with Gasteiger partial charge in [0.1, 0.15) is 6.07 Å². The third kappa shape index (κ3) is 7.50. The molecule has 0 fully saturated rings. The molecule has 0 saturated carbocycles. The van der Waals surface area contributed by atoms with Crippen molar-refractivity contribution in [3.63, 3.8) is 0 Å². The molecule has 1 atom stereocenters. The van der Waals surface area contributed by atoms with Crippen molar-refractivity contribution in [1.82, 2.24) is 0 Å². The minimum atomic E-state index is -0.708. The number of methoxy groups -OCH3 is 1. The normalized spacial score (nSPS) is 11.3. The van der Waals surface area contributed by atoms with Gasteiger partial charge in [0.05, 0.1) is 7.11 Å². The van der Waals surface area contributed by atoms with Gasteiger partial charge in [-0.1, -0.05) is 0 Å². The lowest BCUT2D eigenvalue weighted by atomic mass is 10.1. The molecule has 84 valence electrons. The summed E-state index contributed by atoms with van der Waals surface area (Å²) in [5.41, 5.74) is 0. The summed E-state index contributed by atoms with van der Waals surface area (Å²) in [6.07, 6.45) is 1.36. The van der Waals surface area contributed by atoms with E-state index in [0.29, 0.717) is 25.7 Å². The zero-order chi connectivity index (χ0) is 11.7. The van der Waals surface area contributed by atoms with Crippen LogP contribution in [0.3, 0.4) is 0 Å². The lowest BCUT2D eigenvalue weighted by Gasteiger charge is -2.08. The second-order valence-electron chi connectivity index (χ2n) is 3.05. The molecule has 0 bridgehead atoms. The molecule has 0 amide bonds. The Bertz CT molecular complexity index is 257. The first-order chi connectivity index (χ1) is 7.10. The number of nitriles is 1. The summed E-state index contributed by atoms with van der Waals surface area (Å²) < 4.78 is 9.18. The van der Waals surface area contributed by atoms with Crippen molar-refractivity contribution in [3.8, 4) is 6.07 Å². The van der Waals surface area contributed by atoms with Gasteiger partial charge in [0.15, 0.2) is 6.10 Å². The minimum absolute atomic E-state index is 0.268. The summed E-state index contributed by atoms with van der Waals surface area (Å²) in [6, 6.07) is 1.88. The number of carbonyl (C=O) groups is 2. The number of hydrogen-bond acceptors (Lipinski definition) is 5. The minimum Gasteiger partial charge on any atom is -0.469 e. The molecule has 5 heteroatoms. The first-order valence-corrected chi connectivity index (χ1v) is 4.73. The monoisotopic (exact) mass is 213 g/mol. The molecule has 15 heavy (non-hydrogen) atoms. The molecule has 0 spiro atoms. The van der Waals surface area contributed by atoms with E-state index in [1.807, 2.05) is 6.07 Å². The van der Waals surface area contributed by atoms with E-state index in [9.17, 15) is 9.59 Å². The number of nitrogens with zero attached hydrogens (tertiary/aromatic N) is 1. The maximum absolute atomic E-state index is 10.7. The van der Waals surface area contributed by atoms with Crippen molar-refractivity contribution in [2.75, 3.05) is 7.11 Å². The van der Waals surface area contributed by atoms with E-state index in [1.165, 1.54) is 14.0 Å². The Morgan fingerprint density at radius 3 is 2.53 bits per heavy atom. The number of esters is 2. The van der Waals surface area contributed by atoms with Crippen LogP contribution in [-0.2, 0) is 19.1 Å². The highest BCUT2D eigenvalue weighted by Gasteiger charge is 2.10. The van der Waals surface area contributed by atoms with Gasteiger partial charge < -0.3 is 9.47 Å². The molecule has 0 N–H and O–H groups in total. The van der Waals surface area contributed by atoms with Gasteiger partial charge in [0.2, 0.25) is 0 Å². The van der Waals surface area contributed by atoms with Crippen molar-refractivity contribution >= 4 is 11.9 Å². The number of rotatable bonds is 6. The number of carbonyl (C=O) groups excluding carboxylic acids is 2. The topological polar surface area (TPSA) is 76.4 Å². The smallest absolute Gasteiger partial charge is 0.305 e. The third-order valence-electron chi connectivity index (χ3n) is 1.78. The van der Waals surface area contributed by atoms with Gasteiger partial charge in [0, 0.05) is 13.3 Å². The molecule has 0 saturated heterocycles. The van der Waals surface area contributed by atoms with E-state index in [-0.39, 0.29) is 5.97 Å². The van der Waals surface area contributed by atoms with Crippen molar-refractivity contribution in [3.05, 3.63) is 0 Å². The van der Waals surface area contributed by atoms with Gasteiger partial charge in [-0.05, 0) is 19.3 Å². The van der Waals surface area contributed by atoms with E-state index in [4.69, 9.17) is 10.00 Å². The average Bonchev–Trinajstić information content (AvgIpc) is 2.21. The molecule has 0 aliphatic heterocycles. The number of hydrogen-bond donors (Lipinski definition) is 0. The summed E-state index contributed by atoms with van der Waals surface area (Å²) in [7, 11) is 1.33. The second kappa shape index (κ2) is 7.80. The van der Waals surface area contributed by atoms with Gasteiger partial charge >= 0.3 is 11.9 Å². The fourth-order valence-electron chi connectivity index (χ4n) is 1.05. The Morgan fingerprint density at radius 1 is 1.40 bits per heavy atom. The summed E-state index contributed by atoms with van der Waals surface area (Å²) >= 11 is 0. The summed E-state index contributed by atoms with van der Waals surface area (Å²) in [5.74, 6) is -0.731. The maximum atomic E-state index is 10.7. The van der Waals surface area contributed by atoms with Gasteiger partial charge in [-0.2, -0.15) is 5.26 Å². The number of unbranched alkanes of at least 4 members (excludes halogenated alkanes) is 1. The van der Waals surface area contributed by atoms with E-state index < -0.39 is 12.1 Å². The lowest BCUT2D eigenvalue weighted by molar-refractivity contribution is -0.144. The van der Waals surface area contributed by atoms with Gasteiger partial charge in [-0.25, -0.2) is 0 Å². The van der Waals surface area contributed by atoms with Crippen molar-refractivity contribution in [2.45, 2.75) is 38.7 Å². The standard InChI is InChI=1S/C10H15NO4/c1-8(12)15-9(7-11)5-3-4-6-10(13)14-2/h9H,3-6H2,1-2H3/t9-/m1/s1. The zero-order valence-electron chi connectivity index (χ0n) is 8.99. The molecule has 0 radical (unpaired) electrons. The Balaban J connectivity index is 3.60. The molecule has 0 aliphatic carbocycles. The summed E-state index contributed by atoms with van der Waals surface area (Å²) in [5, 5.41) is 8.61. The zero-order valence-corrected chi connectivity index (χ0v) is 8.99. The highest BCUT2D eigenvalue weighted by molar-refractivity contribution is 5.69. The molecule has 0 aromatic heterocycles. The molecular weight excluding hydrogens is 198 g/mol. The molecule has 0 rings (SSSR count). The van der Waals surface area contributed by atoms with E-state index in [0.717, 1.165) is 0 Å². The molecule has 0 heterocycles. The van der Waals surface area contributed by atoms with Crippen LogP contribution in [0, 0.1) is 11.3 Å². The Hall–Kier alpha value is -1.57. The third-order valence-corrected chi connectivity index (χ3v) is 1.78. The Labute approximate surface area is 89.0 Å². The van der Waals surface area contributed by atoms with Crippen LogP contribution in [0.4, 0.5) is 0 Å². The SMILES string of the molecule is COC(=O)CCCC[C@H](C#N)OC(C)=O. The second-order valence-corrected chi connectivity index (χ2v) is 3.05. The Kier molecular flexibility index (Phi) is 6.98. The fraction of sp³-hybridized carbons (Fsp3) is 0.700. The molecule has 0 aromatic rings. The predicted octanol–water partition coefficient (Wildman–Crippen LogP) is 1.18. The van der Waals surface area contributed by atoms with Crippen LogP contribution in [0.2, 0.25) is 0 Å². The van der Waals surface area contributed by atoms with Crippen LogP contribution in [0.25, 0.3) is 0 Å². The first-order valence-electron chi connectivity index (χ1n) is 4.73.